The lowest BCUT2D eigenvalue weighted by atomic mass is 9.89. The minimum atomic E-state index is 0.461. The fourth-order valence-electron chi connectivity index (χ4n) is 2.62. The first kappa shape index (κ1) is 12.0. The molecule has 1 saturated heterocycles. The number of rotatable bonds is 3. The third-order valence-corrected chi connectivity index (χ3v) is 4.49. The second-order valence-corrected chi connectivity index (χ2v) is 5.43. The summed E-state index contributed by atoms with van der Waals surface area (Å²) in [6.45, 7) is 7.36. The average Bonchev–Trinajstić information content (AvgIpc) is 2.74. The van der Waals surface area contributed by atoms with E-state index in [9.17, 15) is 0 Å². The van der Waals surface area contributed by atoms with Gasteiger partial charge in [0.2, 0.25) is 0 Å². The molecular weight excluding hydrogens is 218 g/mol. The number of likely N-dealkylation sites (tertiary alicyclic amines) is 1. The average molecular weight is 239 g/mol. The van der Waals surface area contributed by atoms with Gasteiger partial charge in [0.15, 0.2) is 0 Å². The monoisotopic (exact) mass is 239 g/mol. The Bertz CT molecular complexity index is 325. The summed E-state index contributed by atoms with van der Waals surface area (Å²) < 4.78 is 0. The van der Waals surface area contributed by atoms with Crippen LogP contribution >= 0.6 is 11.3 Å². The molecule has 0 amide bonds. The normalized spacial score (nSPS) is 27.2. The van der Waals surface area contributed by atoms with Crippen molar-refractivity contribution in [3.8, 4) is 0 Å². The Hall–Kier alpha value is -0.450. The molecule has 0 saturated carbocycles. The molecule has 1 fully saturated rings. The Labute approximate surface area is 102 Å². The Morgan fingerprint density at radius 3 is 3.00 bits per heavy atom. The van der Waals surface area contributed by atoms with Gasteiger partial charge in [-0.25, -0.2) is 4.98 Å². The van der Waals surface area contributed by atoms with Crippen molar-refractivity contribution in [2.45, 2.75) is 32.7 Å². The molecule has 1 aromatic rings. The van der Waals surface area contributed by atoms with Gasteiger partial charge in [-0.2, -0.15) is 0 Å². The van der Waals surface area contributed by atoms with E-state index in [1.165, 1.54) is 24.4 Å². The van der Waals surface area contributed by atoms with E-state index in [1.54, 1.807) is 11.3 Å². The summed E-state index contributed by atoms with van der Waals surface area (Å²) in [5.41, 5.74) is 7.04. The molecule has 16 heavy (non-hydrogen) atoms. The third kappa shape index (κ3) is 2.29. The Balaban J connectivity index is 2.24. The Morgan fingerprint density at radius 1 is 1.62 bits per heavy atom. The van der Waals surface area contributed by atoms with Gasteiger partial charge in [0, 0.05) is 11.1 Å². The molecule has 1 aromatic heterocycles. The highest BCUT2D eigenvalue weighted by Crippen LogP contribution is 2.36. The van der Waals surface area contributed by atoms with E-state index in [-0.39, 0.29) is 0 Å². The molecule has 2 N–H and O–H groups in total. The molecule has 1 aliphatic heterocycles. The summed E-state index contributed by atoms with van der Waals surface area (Å²) in [6.07, 6.45) is 2.52. The fourth-order valence-corrected chi connectivity index (χ4v) is 3.64. The van der Waals surface area contributed by atoms with E-state index in [0.29, 0.717) is 12.0 Å². The van der Waals surface area contributed by atoms with Crippen LogP contribution in [0.2, 0.25) is 0 Å². The molecule has 2 atom stereocenters. The van der Waals surface area contributed by atoms with Gasteiger partial charge in [0.05, 0.1) is 6.04 Å². The largest absolute Gasteiger partial charge is 0.330 e. The van der Waals surface area contributed by atoms with Gasteiger partial charge < -0.3 is 5.73 Å². The molecule has 90 valence electrons. The maximum absolute atomic E-state index is 5.90. The molecule has 4 heteroatoms. The number of aryl methyl sites for hydroxylation is 1. The standard InChI is InChI=1S/C12H21N3S/c1-3-15-6-4-5-10(7-13)11(15)12-14-9(2)8-16-12/h8,10-11H,3-7,13H2,1-2H3. The van der Waals surface area contributed by atoms with Crippen LogP contribution in [0.15, 0.2) is 5.38 Å². The van der Waals surface area contributed by atoms with E-state index in [1.807, 2.05) is 0 Å². The Kier molecular flexibility index (Phi) is 3.95. The highest BCUT2D eigenvalue weighted by atomic mass is 32.1. The van der Waals surface area contributed by atoms with Crippen LogP contribution in [0.3, 0.4) is 0 Å². The van der Waals surface area contributed by atoms with Crippen LogP contribution in [-0.2, 0) is 0 Å². The highest BCUT2D eigenvalue weighted by Gasteiger charge is 2.32. The number of aromatic nitrogens is 1. The first-order chi connectivity index (χ1) is 7.76. The van der Waals surface area contributed by atoms with Crippen LogP contribution in [-0.4, -0.2) is 29.5 Å². The molecule has 2 unspecified atom stereocenters. The zero-order chi connectivity index (χ0) is 11.5. The minimum absolute atomic E-state index is 0.461. The maximum atomic E-state index is 5.90. The second-order valence-electron chi connectivity index (χ2n) is 4.54. The van der Waals surface area contributed by atoms with E-state index in [4.69, 9.17) is 5.73 Å². The van der Waals surface area contributed by atoms with Crippen molar-refractivity contribution < 1.29 is 0 Å². The van der Waals surface area contributed by atoms with Crippen molar-refractivity contribution in [3.05, 3.63) is 16.1 Å². The minimum Gasteiger partial charge on any atom is -0.330 e. The summed E-state index contributed by atoms with van der Waals surface area (Å²) in [5, 5.41) is 3.40. The maximum Gasteiger partial charge on any atom is 0.110 e. The smallest absolute Gasteiger partial charge is 0.110 e. The van der Waals surface area contributed by atoms with E-state index < -0.39 is 0 Å². The molecule has 0 radical (unpaired) electrons. The van der Waals surface area contributed by atoms with Crippen LogP contribution in [0.5, 0.6) is 0 Å². The SMILES string of the molecule is CCN1CCCC(CN)C1c1nc(C)cs1. The first-order valence-corrected chi connectivity index (χ1v) is 7.00. The van der Waals surface area contributed by atoms with Crippen molar-refractivity contribution in [1.82, 2.24) is 9.88 Å². The lowest BCUT2D eigenvalue weighted by Crippen LogP contribution is -2.41. The van der Waals surface area contributed by atoms with Gasteiger partial charge in [-0.1, -0.05) is 6.92 Å². The topological polar surface area (TPSA) is 42.1 Å². The number of nitrogens with two attached hydrogens (primary N) is 1. The quantitative estimate of drug-likeness (QED) is 0.879. The first-order valence-electron chi connectivity index (χ1n) is 6.12. The molecule has 2 heterocycles. The zero-order valence-electron chi connectivity index (χ0n) is 10.1. The fraction of sp³-hybridized carbons (Fsp3) is 0.750. The van der Waals surface area contributed by atoms with Crippen LogP contribution < -0.4 is 5.73 Å². The zero-order valence-corrected chi connectivity index (χ0v) is 11.0. The van der Waals surface area contributed by atoms with Crippen LogP contribution in [0.1, 0.15) is 36.5 Å². The van der Waals surface area contributed by atoms with Crippen LogP contribution in [0, 0.1) is 12.8 Å². The highest BCUT2D eigenvalue weighted by molar-refractivity contribution is 7.09. The van der Waals surface area contributed by atoms with E-state index in [0.717, 1.165) is 18.8 Å². The van der Waals surface area contributed by atoms with Gasteiger partial charge in [-0.05, 0) is 45.3 Å². The molecule has 0 aliphatic carbocycles. The number of hydrogen-bond acceptors (Lipinski definition) is 4. The number of piperidine rings is 1. The van der Waals surface area contributed by atoms with Gasteiger partial charge in [0.1, 0.15) is 5.01 Å². The molecule has 2 rings (SSSR count). The molecule has 3 nitrogen and oxygen atoms in total. The molecule has 0 bridgehead atoms. The van der Waals surface area contributed by atoms with Crippen molar-refractivity contribution in [3.63, 3.8) is 0 Å². The summed E-state index contributed by atoms with van der Waals surface area (Å²) in [6, 6.07) is 0.461. The van der Waals surface area contributed by atoms with Crippen molar-refractivity contribution in [1.29, 1.82) is 0 Å². The lowest BCUT2D eigenvalue weighted by molar-refractivity contribution is 0.102. The summed E-state index contributed by atoms with van der Waals surface area (Å²) >= 11 is 1.79. The van der Waals surface area contributed by atoms with Crippen LogP contribution in [0.25, 0.3) is 0 Å². The molecule has 1 aliphatic rings. The molecular formula is C12H21N3S. The molecule has 0 spiro atoms. The van der Waals surface area contributed by atoms with Gasteiger partial charge in [0.25, 0.3) is 0 Å². The van der Waals surface area contributed by atoms with Crippen molar-refractivity contribution >= 4 is 11.3 Å². The van der Waals surface area contributed by atoms with E-state index in [2.05, 4.69) is 29.1 Å². The summed E-state index contributed by atoms with van der Waals surface area (Å²) in [4.78, 5) is 7.18. The van der Waals surface area contributed by atoms with Crippen molar-refractivity contribution in [2.75, 3.05) is 19.6 Å². The number of nitrogens with zero attached hydrogens (tertiary/aromatic N) is 2. The predicted molar refractivity (Wildman–Crippen MR) is 68.6 cm³/mol. The van der Waals surface area contributed by atoms with Crippen molar-refractivity contribution in [2.24, 2.45) is 11.7 Å². The van der Waals surface area contributed by atoms with E-state index >= 15 is 0 Å². The molecule has 0 aromatic carbocycles. The summed E-state index contributed by atoms with van der Waals surface area (Å²) in [5.74, 6) is 0.583. The number of thiazole rings is 1. The lowest BCUT2D eigenvalue weighted by Gasteiger charge is -2.39. The third-order valence-electron chi connectivity index (χ3n) is 3.46. The predicted octanol–water partition coefficient (Wildman–Crippen LogP) is 2.18. The second kappa shape index (κ2) is 5.25. The number of hydrogen-bond donors (Lipinski definition) is 1. The van der Waals surface area contributed by atoms with Gasteiger partial charge in [-0.3, -0.25) is 4.90 Å². The summed E-state index contributed by atoms with van der Waals surface area (Å²) in [7, 11) is 0. The van der Waals surface area contributed by atoms with Crippen LogP contribution in [0.4, 0.5) is 0 Å². The Morgan fingerprint density at radius 2 is 2.44 bits per heavy atom. The van der Waals surface area contributed by atoms with Gasteiger partial charge >= 0.3 is 0 Å². The van der Waals surface area contributed by atoms with Gasteiger partial charge in [-0.15, -0.1) is 11.3 Å².